The van der Waals surface area contributed by atoms with Gasteiger partial charge in [-0.3, -0.25) is 4.79 Å². The highest BCUT2D eigenvalue weighted by molar-refractivity contribution is 8.01. The van der Waals surface area contributed by atoms with Crippen LogP contribution in [0.25, 0.3) is 0 Å². The Hall–Kier alpha value is -2.00. The van der Waals surface area contributed by atoms with Crippen molar-refractivity contribution in [2.45, 2.75) is 49.4 Å². The number of hydrogen-bond acceptors (Lipinski definition) is 7. The third kappa shape index (κ3) is 2.10. The van der Waals surface area contributed by atoms with Gasteiger partial charge in [0.25, 0.3) is 5.91 Å². The van der Waals surface area contributed by atoms with Gasteiger partial charge in [-0.1, -0.05) is 5.16 Å². The Morgan fingerprint density at radius 2 is 2.15 bits per heavy atom. The molecule has 4 rings (SSSR count). The summed E-state index contributed by atoms with van der Waals surface area (Å²) in [6, 6.07) is 1.10. The van der Waals surface area contributed by atoms with Gasteiger partial charge < -0.3 is 19.4 Å². The van der Waals surface area contributed by atoms with Gasteiger partial charge in [-0.05, 0) is 39.1 Å². The molecule has 0 spiro atoms. The molecule has 0 aliphatic carbocycles. The molecule has 2 fully saturated rings. The van der Waals surface area contributed by atoms with Crippen molar-refractivity contribution < 1.29 is 19.2 Å². The number of amides is 1. The minimum Gasteiger partial charge on any atom is -0.480 e. The first-order valence-electron chi connectivity index (χ1n) is 8.16. The van der Waals surface area contributed by atoms with Crippen LogP contribution in [0.1, 0.15) is 26.5 Å². The second-order valence-corrected chi connectivity index (χ2v) is 9.77. The molecule has 0 saturated carbocycles. The summed E-state index contributed by atoms with van der Waals surface area (Å²) >= 11 is 3.06. The van der Waals surface area contributed by atoms with E-state index in [0.29, 0.717) is 5.76 Å². The molecule has 9 heteroatoms. The Bertz CT molecular complexity index is 878. The van der Waals surface area contributed by atoms with Gasteiger partial charge in [0.05, 0.1) is 11.9 Å². The van der Waals surface area contributed by atoms with Crippen LogP contribution in [0.2, 0.25) is 0 Å². The third-order valence-corrected chi connectivity index (χ3v) is 7.59. The molecule has 1 amide bonds. The first-order valence-corrected chi connectivity index (χ1v) is 9.99. The number of thioether (sulfide) groups is 1. The smallest absolute Gasteiger partial charge is 0.327 e. The molecule has 4 heterocycles. The zero-order valence-electron chi connectivity index (χ0n) is 14.8. The number of fused-ring (bicyclic) bond motifs is 1. The first kappa shape index (κ1) is 17.4. The van der Waals surface area contributed by atoms with Crippen LogP contribution in [0.4, 0.5) is 11.4 Å². The second kappa shape index (κ2) is 5.50. The van der Waals surface area contributed by atoms with Crippen molar-refractivity contribution >= 4 is 46.3 Å². The summed E-state index contributed by atoms with van der Waals surface area (Å²) in [5.41, 5.74) is 0.675. The van der Waals surface area contributed by atoms with Crippen LogP contribution in [-0.2, 0) is 9.59 Å². The minimum absolute atomic E-state index is 0.195. The predicted octanol–water partition coefficient (Wildman–Crippen LogP) is 3.09. The zero-order valence-corrected chi connectivity index (χ0v) is 16.4. The summed E-state index contributed by atoms with van der Waals surface area (Å²) in [4.78, 5) is 28.5. The summed E-state index contributed by atoms with van der Waals surface area (Å²) in [7, 11) is 0. The van der Waals surface area contributed by atoms with Crippen molar-refractivity contribution in [3.05, 3.63) is 28.8 Å². The van der Waals surface area contributed by atoms with Crippen LogP contribution < -0.4 is 4.90 Å². The lowest BCUT2D eigenvalue weighted by atomic mass is 9.84. The van der Waals surface area contributed by atoms with Crippen LogP contribution in [0.3, 0.4) is 0 Å². The van der Waals surface area contributed by atoms with E-state index in [-0.39, 0.29) is 11.3 Å². The maximum absolute atomic E-state index is 13.3. The molecule has 2 saturated heterocycles. The van der Waals surface area contributed by atoms with Gasteiger partial charge in [0.2, 0.25) is 0 Å². The molecule has 0 bridgehead atoms. The van der Waals surface area contributed by atoms with Gasteiger partial charge in [0, 0.05) is 10.1 Å². The lowest BCUT2D eigenvalue weighted by Crippen LogP contribution is -2.77. The Labute approximate surface area is 158 Å². The van der Waals surface area contributed by atoms with Crippen molar-refractivity contribution in [3.63, 3.8) is 0 Å². The largest absolute Gasteiger partial charge is 0.480 e. The van der Waals surface area contributed by atoms with E-state index in [1.165, 1.54) is 28.0 Å². The number of carbonyl (C=O) groups excluding carboxylic acids is 1. The second-order valence-electron chi connectivity index (χ2n) is 7.26. The van der Waals surface area contributed by atoms with E-state index >= 15 is 0 Å². The number of anilines is 2. The van der Waals surface area contributed by atoms with Crippen LogP contribution in [0.15, 0.2) is 27.5 Å². The van der Waals surface area contributed by atoms with E-state index in [2.05, 4.69) is 5.16 Å². The van der Waals surface area contributed by atoms with Crippen LogP contribution in [0.5, 0.6) is 0 Å². The Kier molecular flexibility index (Phi) is 3.68. The average molecular weight is 393 g/mol. The normalized spacial score (nSPS) is 29.4. The van der Waals surface area contributed by atoms with Crippen molar-refractivity contribution in [2.24, 2.45) is 0 Å². The summed E-state index contributed by atoms with van der Waals surface area (Å²) in [5, 5.41) is 17.2. The summed E-state index contributed by atoms with van der Waals surface area (Å²) in [5.74, 6) is -0.552. The van der Waals surface area contributed by atoms with Crippen molar-refractivity contribution in [3.8, 4) is 0 Å². The zero-order chi connectivity index (χ0) is 18.9. The number of rotatable bonds is 4. The predicted molar refractivity (Wildman–Crippen MR) is 99.8 cm³/mol. The summed E-state index contributed by atoms with van der Waals surface area (Å²) in [6.07, 6.45) is 1.60. The summed E-state index contributed by atoms with van der Waals surface area (Å²) < 4.78 is 4.66. The van der Waals surface area contributed by atoms with Gasteiger partial charge in [-0.25, -0.2) is 4.79 Å². The topological polar surface area (TPSA) is 86.9 Å². The highest BCUT2D eigenvalue weighted by atomic mass is 32.2. The fourth-order valence-corrected chi connectivity index (χ4v) is 6.27. The van der Waals surface area contributed by atoms with Crippen LogP contribution in [-0.4, -0.2) is 48.7 Å². The summed E-state index contributed by atoms with van der Waals surface area (Å²) in [6.45, 7) is 7.43. The van der Waals surface area contributed by atoms with E-state index in [9.17, 15) is 14.7 Å². The minimum atomic E-state index is -0.969. The van der Waals surface area contributed by atoms with Gasteiger partial charge in [0.1, 0.15) is 17.1 Å². The standard InChI is InChI=1S/C17H19N3O4S2/c1-9-11(7-18-24-9)20(10-5-6-25-8-10)17(4)14(23)19-12(13(21)22)16(2,3)26-15(17)19/h5-8,12,15H,1-4H3,(H,21,22)/t12-,15+,17?/m0/s1. The van der Waals surface area contributed by atoms with Crippen molar-refractivity contribution in [1.29, 1.82) is 0 Å². The number of hydrogen-bond donors (Lipinski definition) is 1. The highest BCUT2D eigenvalue weighted by Gasteiger charge is 2.72. The van der Waals surface area contributed by atoms with Crippen molar-refractivity contribution in [1.82, 2.24) is 10.1 Å². The third-order valence-electron chi connectivity index (χ3n) is 5.18. The molecule has 0 aromatic carbocycles. The van der Waals surface area contributed by atoms with Gasteiger partial charge >= 0.3 is 5.97 Å². The Morgan fingerprint density at radius 3 is 2.69 bits per heavy atom. The molecule has 1 unspecified atom stereocenters. The number of aliphatic carboxylic acids is 1. The molecular formula is C17H19N3O4S2. The van der Waals surface area contributed by atoms with E-state index in [1.54, 1.807) is 13.1 Å². The fraction of sp³-hybridized carbons (Fsp3) is 0.471. The monoisotopic (exact) mass is 393 g/mol. The number of thiophene rings is 1. The van der Waals surface area contributed by atoms with Crippen LogP contribution >= 0.6 is 23.1 Å². The highest BCUT2D eigenvalue weighted by Crippen LogP contribution is 2.58. The van der Waals surface area contributed by atoms with Crippen LogP contribution in [0, 0.1) is 6.92 Å². The lowest BCUT2D eigenvalue weighted by molar-refractivity contribution is -0.164. The quantitative estimate of drug-likeness (QED) is 0.799. The number of aryl methyl sites for hydroxylation is 1. The number of carboxylic acids is 1. The van der Waals surface area contributed by atoms with Gasteiger partial charge in [0.15, 0.2) is 11.3 Å². The van der Waals surface area contributed by atoms with Gasteiger partial charge in [-0.15, -0.1) is 11.8 Å². The van der Waals surface area contributed by atoms with E-state index in [0.717, 1.165) is 11.4 Å². The first-order chi connectivity index (χ1) is 12.2. The maximum atomic E-state index is 13.3. The number of β-lactam (4-membered cyclic amide) rings is 1. The Morgan fingerprint density at radius 1 is 1.42 bits per heavy atom. The SMILES string of the molecule is Cc1oncc1N(c1ccsc1)C1(C)C(=O)N2[C@@H](C(=O)O)C(C)(C)S[C@@H]21. The molecule has 1 N–H and O–H groups in total. The molecule has 3 atom stereocenters. The average Bonchev–Trinajstić information content (AvgIpc) is 3.27. The maximum Gasteiger partial charge on any atom is 0.327 e. The Balaban J connectivity index is 1.82. The van der Waals surface area contributed by atoms with E-state index in [4.69, 9.17) is 4.52 Å². The number of nitrogens with zero attached hydrogens (tertiary/aromatic N) is 3. The molecule has 26 heavy (non-hydrogen) atoms. The number of aromatic nitrogens is 1. The molecular weight excluding hydrogens is 374 g/mol. The molecule has 0 radical (unpaired) electrons. The van der Waals surface area contributed by atoms with Gasteiger partial charge in [-0.2, -0.15) is 11.3 Å². The lowest BCUT2D eigenvalue weighted by Gasteiger charge is -2.56. The molecule has 7 nitrogen and oxygen atoms in total. The molecule has 2 aliphatic heterocycles. The molecule has 2 aliphatic rings. The van der Waals surface area contributed by atoms with E-state index < -0.39 is 22.3 Å². The number of carboxylic acid groups (broad SMARTS) is 1. The fourth-order valence-electron chi connectivity index (χ4n) is 3.96. The number of carbonyl (C=O) groups is 2. The molecule has 2 aromatic heterocycles. The molecule has 138 valence electrons. The molecule has 2 aromatic rings. The van der Waals surface area contributed by atoms with Crippen molar-refractivity contribution in [2.75, 3.05) is 4.90 Å². The van der Waals surface area contributed by atoms with E-state index in [1.807, 2.05) is 42.5 Å².